The summed E-state index contributed by atoms with van der Waals surface area (Å²) in [6.07, 6.45) is 3.71. The van der Waals surface area contributed by atoms with Crippen molar-refractivity contribution in [2.75, 3.05) is 7.11 Å². The van der Waals surface area contributed by atoms with Gasteiger partial charge in [0.15, 0.2) is 11.5 Å². The smallest absolute Gasteiger partial charge is 0.343 e. The summed E-state index contributed by atoms with van der Waals surface area (Å²) in [5, 5.41) is 10.9. The molecule has 1 heterocycles. The average Bonchev–Trinajstić information content (AvgIpc) is 3.16. The second-order valence-corrected chi connectivity index (χ2v) is 5.12. The Morgan fingerprint density at radius 3 is 2.48 bits per heavy atom. The van der Waals surface area contributed by atoms with E-state index in [0.29, 0.717) is 5.56 Å². The lowest BCUT2D eigenvalue weighted by atomic mass is 10.2. The number of hydrogen-bond acceptors (Lipinski definition) is 5. The van der Waals surface area contributed by atoms with Gasteiger partial charge in [0.2, 0.25) is 0 Å². The molecule has 2 aromatic carbocycles. The van der Waals surface area contributed by atoms with Gasteiger partial charge in [-0.25, -0.2) is 4.79 Å². The number of esters is 1. The number of nitrogens with zero attached hydrogens (tertiary/aromatic N) is 2. The van der Waals surface area contributed by atoms with Crippen LogP contribution in [0.15, 0.2) is 67.0 Å². The van der Waals surface area contributed by atoms with Gasteiger partial charge < -0.3 is 14.0 Å². The molecule has 0 unspecified atom stereocenters. The van der Waals surface area contributed by atoms with E-state index in [4.69, 9.17) is 9.47 Å². The highest BCUT2D eigenvalue weighted by atomic mass is 16.6. The van der Waals surface area contributed by atoms with Crippen LogP contribution in [0.2, 0.25) is 0 Å². The molecule has 0 saturated carbocycles. The van der Waals surface area contributed by atoms with Crippen LogP contribution in [0.3, 0.4) is 0 Å². The van der Waals surface area contributed by atoms with Gasteiger partial charge in [0.25, 0.3) is 5.69 Å². The van der Waals surface area contributed by atoms with Crippen molar-refractivity contribution in [1.29, 1.82) is 0 Å². The van der Waals surface area contributed by atoms with Crippen molar-refractivity contribution in [3.8, 4) is 17.2 Å². The van der Waals surface area contributed by atoms with E-state index in [1.54, 1.807) is 18.2 Å². The Morgan fingerprint density at radius 2 is 1.80 bits per heavy atom. The number of hydrogen-bond donors (Lipinski definition) is 0. The summed E-state index contributed by atoms with van der Waals surface area (Å²) < 4.78 is 12.3. The molecule has 0 saturated heterocycles. The number of benzene rings is 2. The monoisotopic (exact) mass is 338 g/mol. The highest BCUT2D eigenvalue weighted by Gasteiger charge is 2.17. The number of rotatable bonds is 5. The van der Waals surface area contributed by atoms with Crippen LogP contribution in [0.1, 0.15) is 10.4 Å². The summed E-state index contributed by atoms with van der Waals surface area (Å²) >= 11 is 0. The first-order valence-corrected chi connectivity index (χ1v) is 7.36. The van der Waals surface area contributed by atoms with Crippen LogP contribution in [0.4, 0.5) is 5.69 Å². The van der Waals surface area contributed by atoms with Crippen molar-refractivity contribution in [2.24, 2.45) is 0 Å². The maximum atomic E-state index is 12.4. The van der Waals surface area contributed by atoms with Crippen LogP contribution in [0.5, 0.6) is 11.5 Å². The van der Waals surface area contributed by atoms with Crippen molar-refractivity contribution in [2.45, 2.75) is 0 Å². The minimum absolute atomic E-state index is 0.00642. The molecule has 3 rings (SSSR count). The van der Waals surface area contributed by atoms with Gasteiger partial charge in [-0.3, -0.25) is 10.1 Å². The predicted octanol–water partition coefficient (Wildman–Crippen LogP) is 3.61. The van der Waals surface area contributed by atoms with Gasteiger partial charge in [-0.2, -0.15) is 0 Å². The lowest BCUT2D eigenvalue weighted by Crippen LogP contribution is -2.10. The normalized spacial score (nSPS) is 10.3. The van der Waals surface area contributed by atoms with Crippen molar-refractivity contribution in [1.82, 2.24) is 4.57 Å². The molecule has 25 heavy (non-hydrogen) atoms. The predicted molar refractivity (Wildman–Crippen MR) is 90.4 cm³/mol. The van der Waals surface area contributed by atoms with Crippen LogP contribution >= 0.6 is 0 Å². The summed E-state index contributed by atoms with van der Waals surface area (Å²) in [4.78, 5) is 22.8. The molecule has 0 amide bonds. The third-order valence-electron chi connectivity index (χ3n) is 3.55. The largest absolute Gasteiger partial charge is 0.493 e. The quantitative estimate of drug-likeness (QED) is 0.307. The number of nitro benzene ring substituents is 1. The summed E-state index contributed by atoms with van der Waals surface area (Å²) in [6.45, 7) is 0. The van der Waals surface area contributed by atoms with Crippen LogP contribution in [-0.2, 0) is 0 Å². The van der Waals surface area contributed by atoms with Crippen LogP contribution < -0.4 is 9.47 Å². The van der Waals surface area contributed by atoms with E-state index >= 15 is 0 Å². The lowest BCUT2D eigenvalue weighted by molar-refractivity contribution is -0.384. The molecule has 0 radical (unpaired) electrons. The van der Waals surface area contributed by atoms with Gasteiger partial charge in [-0.1, -0.05) is 6.07 Å². The van der Waals surface area contributed by atoms with E-state index in [1.165, 1.54) is 19.2 Å². The summed E-state index contributed by atoms with van der Waals surface area (Å²) in [6, 6.07) is 14.4. The summed E-state index contributed by atoms with van der Waals surface area (Å²) in [5.74, 6) is -0.401. The first-order chi connectivity index (χ1) is 12.1. The highest BCUT2D eigenvalue weighted by Crippen LogP contribution is 2.31. The fraction of sp³-hybridized carbons (Fsp3) is 0.0556. The number of nitro groups is 1. The maximum absolute atomic E-state index is 12.4. The standard InChI is InChI=1S/C18H14N2O5/c1-24-16-8-7-15(20(22)23)12-17(16)25-18(21)13-5-4-6-14(11-13)19-9-2-3-10-19/h2-12H,1H3. The fourth-order valence-corrected chi connectivity index (χ4v) is 2.32. The number of methoxy groups -OCH3 is 1. The minimum Gasteiger partial charge on any atom is -0.493 e. The van der Waals surface area contributed by atoms with Gasteiger partial charge in [0, 0.05) is 24.1 Å². The van der Waals surface area contributed by atoms with Crippen molar-refractivity contribution in [3.05, 3.63) is 82.7 Å². The molecule has 7 heteroatoms. The maximum Gasteiger partial charge on any atom is 0.343 e. The Balaban J connectivity index is 1.89. The number of carbonyl (C=O) groups is 1. The molecule has 7 nitrogen and oxygen atoms in total. The molecular formula is C18H14N2O5. The van der Waals surface area contributed by atoms with E-state index in [1.807, 2.05) is 35.2 Å². The zero-order chi connectivity index (χ0) is 17.8. The zero-order valence-electron chi connectivity index (χ0n) is 13.3. The first kappa shape index (κ1) is 16.3. The molecule has 0 fully saturated rings. The minimum atomic E-state index is -0.632. The molecule has 0 spiro atoms. The summed E-state index contributed by atoms with van der Waals surface area (Å²) in [7, 11) is 1.39. The molecule has 0 aliphatic heterocycles. The van der Waals surface area contributed by atoms with Crippen LogP contribution in [0.25, 0.3) is 5.69 Å². The van der Waals surface area contributed by atoms with E-state index in [2.05, 4.69) is 0 Å². The van der Waals surface area contributed by atoms with E-state index in [-0.39, 0.29) is 17.2 Å². The molecule has 1 aromatic heterocycles. The van der Waals surface area contributed by atoms with E-state index < -0.39 is 10.9 Å². The zero-order valence-corrected chi connectivity index (χ0v) is 13.3. The number of aromatic nitrogens is 1. The molecular weight excluding hydrogens is 324 g/mol. The third-order valence-corrected chi connectivity index (χ3v) is 3.55. The van der Waals surface area contributed by atoms with Gasteiger partial charge in [0.05, 0.1) is 23.7 Å². The Morgan fingerprint density at radius 1 is 1.04 bits per heavy atom. The molecule has 126 valence electrons. The second-order valence-electron chi connectivity index (χ2n) is 5.12. The van der Waals surface area contributed by atoms with Crippen molar-refractivity contribution in [3.63, 3.8) is 0 Å². The van der Waals surface area contributed by atoms with Gasteiger partial charge in [0.1, 0.15) is 0 Å². The number of non-ortho nitro benzene ring substituents is 1. The van der Waals surface area contributed by atoms with Gasteiger partial charge in [-0.05, 0) is 36.4 Å². The fourth-order valence-electron chi connectivity index (χ4n) is 2.32. The Labute approximate surface area is 143 Å². The van der Waals surface area contributed by atoms with Crippen molar-refractivity contribution < 1.29 is 19.2 Å². The highest BCUT2D eigenvalue weighted by molar-refractivity contribution is 5.92. The van der Waals surface area contributed by atoms with Gasteiger partial charge in [-0.15, -0.1) is 0 Å². The number of carbonyl (C=O) groups excluding carboxylic acids is 1. The lowest BCUT2D eigenvalue weighted by Gasteiger charge is -2.10. The van der Waals surface area contributed by atoms with E-state index in [0.717, 1.165) is 11.8 Å². The van der Waals surface area contributed by atoms with Crippen LogP contribution in [-0.4, -0.2) is 22.6 Å². The molecule has 0 bridgehead atoms. The molecule has 0 aliphatic carbocycles. The second kappa shape index (κ2) is 6.88. The molecule has 0 aliphatic rings. The Hall–Kier alpha value is -3.61. The number of ether oxygens (including phenoxy) is 2. The summed E-state index contributed by atoms with van der Waals surface area (Å²) in [5.41, 5.74) is 0.926. The Bertz CT molecular complexity index is 919. The van der Waals surface area contributed by atoms with Crippen molar-refractivity contribution >= 4 is 11.7 Å². The van der Waals surface area contributed by atoms with Gasteiger partial charge >= 0.3 is 5.97 Å². The molecule has 0 N–H and O–H groups in total. The topological polar surface area (TPSA) is 83.6 Å². The Kier molecular flexibility index (Phi) is 4.47. The molecule has 0 atom stereocenters. The first-order valence-electron chi connectivity index (χ1n) is 7.36. The average molecular weight is 338 g/mol. The van der Waals surface area contributed by atoms with Crippen LogP contribution in [0, 0.1) is 10.1 Å². The van der Waals surface area contributed by atoms with E-state index in [9.17, 15) is 14.9 Å². The molecule has 3 aromatic rings. The third kappa shape index (κ3) is 3.50. The SMILES string of the molecule is COc1ccc([N+](=O)[O-])cc1OC(=O)c1cccc(-n2cccc2)c1.